The van der Waals surface area contributed by atoms with E-state index in [-0.39, 0.29) is 12.2 Å². The number of carbonyl (C=O) groups is 1. The number of anilines is 1. The van der Waals surface area contributed by atoms with Crippen molar-refractivity contribution in [1.29, 1.82) is 0 Å². The molecule has 2 aromatic carbocycles. The molecule has 0 saturated heterocycles. The third kappa shape index (κ3) is 3.56. The first-order chi connectivity index (χ1) is 9.86. The van der Waals surface area contributed by atoms with E-state index in [0.717, 1.165) is 29.3 Å². The Labute approximate surface area is 121 Å². The Morgan fingerprint density at radius 3 is 2.29 bits per heavy atom. The van der Waals surface area contributed by atoms with Gasteiger partial charge in [0.15, 0.2) is 0 Å². The highest BCUT2D eigenvalue weighted by Gasteiger charge is 2.13. The molecule has 110 valence electrons. The molecule has 3 nitrogen and oxygen atoms in total. The van der Waals surface area contributed by atoms with Crippen molar-refractivity contribution in [2.75, 3.05) is 5.73 Å². The number of nitrogens with two attached hydrogens (primary N) is 1. The van der Waals surface area contributed by atoms with Crippen LogP contribution in [0.1, 0.15) is 27.0 Å². The molecule has 2 N–H and O–H groups in total. The van der Waals surface area contributed by atoms with Gasteiger partial charge in [-0.15, -0.1) is 0 Å². The first-order valence-electron chi connectivity index (χ1n) is 6.35. The summed E-state index contributed by atoms with van der Waals surface area (Å²) in [6.45, 7) is 3.40. The van der Waals surface area contributed by atoms with Crippen molar-refractivity contribution in [1.82, 2.24) is 0 Å². The lowest BCUT2D eigenvalue weighted by atomic mass is 10.0. The van der Waals surface area contributed by atoms with Crippen LogP contribution in [-0.4, -0.2) is 5.97 Å². The van der Waals surface area contributed by atoms with Gasteiger partial charge in [0, 0.05) is 11.8 Å². The van der Waals surface area contributed by atoms with E-state index in [1.54, 1.807) is 19.1 Å². The van der Waals surface area contributed by atoms with Crippen LogP contribution >= 0.6 is 0 Å². The first kappa shape index (κ1) is 15.0. The molecule has 0 saturated carbocycles. The zero-order valence-corrected chi connectivity index (χ0v) is 11.7. The predicted molar refractivity (Wildman–Crippen MR) is 75.8 cm³/mol. The summed E-state index contributed by atoms with van der Waals surface area (Å²) in [6, 6.07) is 6.32. The quantitative estimate of drug-likeness (QED) is 0.695. The molecule has 2 aromatic rings. The van der Waals surface area contributed by atoms with Gasteiger partial charge in [-0.2, -0.15) is 0 Å². The zero-order chi connectivity index (χ0) is 15.6. The lowest BCUT2D eigenvalue weighted by molar-refractivity contribution is 0.0471. The second kappa shape index (κ2) is 5.91. The fourth-order valence-corrected chi connectivity index (χ4v) is 2.01. The maximum Gasteiger partial charge on any atom is 0.338 e. The summed E-state index contributed by atoms with van der Waals surface area (Å²) in [5.74, 6) is -2.00. The number of nitrogen functional groups attached to an aromatic ring is 1. The smallest absolute Gasteiger partial charge is 0.338 e. The lowest BCUT2D eigenvalue weighted by Gasteiger charge is -2.10. The molecule has 2 rings (SSSR count). The molecule has 0 atom stereocenters. The average Bonchev–Trinajstić information content (AvgIpc) is 2.39. The van der Waals surface area contributed by atoms with E-state index in [0.29, 0.717) is 11.3 Å². The van der Waals surface area contributed by atoms with Gasteiger partial charge in [-0.25, -0.2) is 13.6 Å². The molecule has 21 heavy (non-hydrogen) atoms. The van der Waals surface area contributed by atoms with Crippen LogP contribution in [0.4, 0.5) is 14.5 Å². The van der Waals surface area contributed by atoms with Crippen molar-refractivity contribution in [3.8, 4) is 0 Å². The number of hydrogen-bond acceptors (Lipinski definition) is 3. The number of carbonyl (C=O) groups excluding carboxylic acids is 1. The molecule has 0 bridgehead atoms. The number of ether oxygens (including phenoxy) is 1. The number of rotatable bonds is 3. The van der Waals surface area contributed by atoms with Crippen LogP contribution in [0.25, 0.3) is 0 Å². The Balaban J connectivity index is 2.13. The Hall–Kier alpha value is -2.43. The van der Waals surface area contributed by atoms with E-state index in [1.165, 1.54) is 0 Å². The van der Waals surface area contributed by atoms with E-state index in [1.807, 2.05) is 6.92 Å². The highest BCUT2D eigenvalue weighted by molar-refractivity contribution is 5.92. The predicted octanol–water partition coefficient (Wildman–Crippen LogP) is 3.52. The molecule has 0 aliphatic carbocycles. The minimum atomic E-state index is -0.711. The molecule has 0 unspecified atom stereocenters. The molecule has 0 radical (unpaired) electrons. The van der Waals surface area contributed by atoms with Gasteiger partial charge in [-0.3, -0.25) is 0 Å². The van der Waals surface area contributed by atoms with Gasteiger partial charge in [0.25, 0.3) is 0 Å². The first-order valence-corrected chi connectivity index (χ1v) is 6.35. The lowest BCUT2D eigenvalue weighted by Crippen LogP contribution is -2.09. The van der Waals surface area contributed by atoms with Gasteiger partial charge < -0.3 is 10.5 Å². The van der Waals surface area contributed by atoms with E-state index in [4.69, 9.17) is 10.5 Å². The van der Waals surface area contributed by atoms with E-state index < -0.39 is 17.6 Å². The fraction of sp³-hybridized carbons (Fsp3) is 0.188. The Morgan fingerprint density at radius 1 is 1.05 bits per heavy atom. The molecule has 0 aliphatic heterocycles. The fourth-order valence-electron chi connectivity index (χ4n) is 2.01. The highest BCUT2D eigenvalue weighted by atomic mass is 19.1. The van der Waals surface area contributed by atoms with Gasteiger partial charge >= 0.3 is 5.97 Å². The summed E-state index contributed by atoms with van der Waals surface area (Å²) < 4.78 is 31.2. The molecular weight excluding hydrogens is 276 g/mol. The Bertz CT molecular complexity index is 679. The molecule has 5 heteroatoms. The molecule has 0 aromatic heterocycles. The van der Waals surface area contributed by atoms with E-state index in [2.05, 4.69) is 0 Å². The van der Waals surface area contributed by atoms with Crippen LogP contribution in [0.3, 0.4) is 0 Å². The topological polar surface area (TPSA) is 52.3 Å². The van der Waals surface area contributed by atoms with Gasteiger partial charge in [-0.05, 0) is 48.7 Å². The Morgan fingerprint density at radius 2 is 1.67 bits per heavy atom. The normalized spacial score (nSPS) is 10.5. The van der Waals surface area contributed by atoms with Gasteiger partial charge in [0.2, 0.25) is 0 Å². The number of aryl methyl sites for hydroxylation is 2. The minimum absolute atomic E-state index is 0.208. The summed E-state index contributed by atoms with van der Waals surface area (Å²) in [4.78, 5) is 12.0. The molecule has 0 fully saturated rings. The average molecular weight is 291 g/mol. The number of benzene rings is 2. The van der Waals surface area contributed by atoms with Crippen molar-refractivity contribution in [3.05, 3.63) is 64.2 Å². The van der Waals surface area contributed by atoms with Crippen LogP contribution in [0.5, 0.6) is 0 Å². The summed E-state index contributed by atoms with van der Waals surface area (Å²) >= 11 is 0. The largest absolute Gasteiger partial charge is 0.457 e. The van der Waals surface area contributed by atoms with Crippen molar-refractivity contribution >= 4 is 11.7 Å². The maximum absolute atomic E-state index is 13.0. The Kier molecular flexibility index (Phi) is 4.21. The van der Waals surface area contributed by atoms with Crippen LogP contribution in [0.15, 0.2) is 30.3 Å². The second-order valence-corrected chi connectivity index (χ2v) is 4.88. The number of halogens is 2. The molecule has 0 spiro atoms. The zero-order valence-electron chi connectivity index (χ0n) is 11.7. The monoisotopic (exact) mass is 291 g/mol. The van der Waals surface area contributed by atoms with Crippen LogP contribution < -0.4 is 5.73 Å². The third-order valence-corrected chi connectivity index (χ3v) is 3.13. The standard InChI is InChI=1S/C16H15F2NO2/c1-9-3-10(2)15(19)7-14(9)16(20)21-8-11-4-12(17)6-13(18)5-11/h3-7H,8,19H2,1-2H3. The maximum atomic E-state index is 13.0. The van der Waals surface area contributed by atoms with Crippen LogP contribution in [-0.2, 0) is 11.3 Å². The van der Waals surface area contributed by atoms with E-state index in [9.17, 15) is 13.6 Å². The molecular formula is C16H15F2NO2. The molecule has 0 amide bonds. The summed E-state index contributed by atoms with van der Waals surface area (Å²) in [5.41, 5.74) is 8.45. The number of esters is 1. The summed E-state index contributed by atoms with van der Waals surface area (Å²) in [7, 11) is 0. The molecule has 0 heterocycles. The molecule has 0 aliphatic rings. The van der Waals surface area contributed by atoms with Crippen molar-refractivity contribution < 1.29 is 18.3 Å². The van der Waals surface area contributed by atoms with Crippen molar-refractivity contribution in [2.24, 2.45) is 0 Å². The van der Waals surface area contributed by atoms with Gasteiger partial charge in [-0.1, -0.05) is 6.07 Å². The van der Waals surface area contributed by atoms with Crippen LogP contribution in [0, 0.1) is 25.5 Å². The minimum Gasteiger partial charge on any atom is -0.457 e. The van der Waals surface area contributed by atoms with Crippen molar-refractivity contribution in [2.45, 2.75) is 20.5 Å². The van der Waals surface area contributed by atoms with Gasteiger partial charge in [0.1, 0.15) is 18.2 Å². The van der Waals surface area contributed by atoms with Crippen LogP contribution in [0.2, 0.25) is 0 Å². The SMILES string of the molecule is Cc1cc(C)c(C(=O)OCc2cc(F)cc(F)c2)cc1N. The summed E-state index contributed by atoms with van der Waals surface area (Å²) in [5, 5.41) is 0. The van der Waals surface area contributed by atoms with E-state index >= 15 is 0 Å². The third-order valence-electron chi connectivity index (χ3n) is 3.13. The number of hydrogen-bond donors (Lipinski definition) is 1. The second-order valence-electron chi connectivity index (χ2n) is 4.88. The van der Waals surface area contributed by atoms with Gasteiger partial charge in [0.05, 0.1) is 5.56 Å². The summed E-state index contributed by atoms with van der Waals surface area (Å²) in [6.07, 6.45) is 0. The highest BCUT2D eigenvalue weighted by Crippen LogP contribution is 2.19. The van der Waals surface area contributed by atoms with Crippen molar-refractivity contribution in [3.63, 3.8) is 0 Å².